The van der Waals surface area contributed by atoms with E-state index < -0.39 is 11.9 Å². The molecule has 0 unspecified atom stereocenters. The minimum Gasteiger partial charge on any atom is -0.481 e. The van der Waals surface area contributed by atoms with Crippen molar-refractivity contribution in [3.05, 3.63) is 148 Å². The van der Waals surface area contributed by atoms with Crippen LogP contribution in [0.3, 0.4) is 0 Å². The number of carboxylic acids is 2. The number of carbonyl (C=O) groups is 2. The van der Waals surface area contributed by atoms with Crippen molar-refractivity contribution in [3.63, 3.8) is 0 Å². The van der Waals surface area contributed by atoms with Gasteiger partial charge in [-0.15, -0.1) is 0 Å². The van der Waals surface area contributed by atoms with Crippen molar-refractivity contribution in [3.8, 4) is 0 Å². The highest BCUT2D eigenvalue weighted by Crippen LogP contribution is 2.26. The average molecular weight is 591 g/mol. The quantitative estimate of drug-likeness (QED) is 0.0966. The van der Waals surface area contributed by atoms with Gasteiger partial charge >= 0.3 is 11.9 Å². The summed E-state index contributed by atoms with van der Waals surface area (Å²) in [7, 11) is 0. The first kappa shape index (κ1) is 32.2. The van der Waals surface area contributed by atoms with Crippen LogP contribution in [0.1, 0.15) is 63.5 Å². The Morgan fingerprint density at radius 3 is 2.09 bits per heavy atom. The number of benzene rings is 4. The molecule has 44 heavy (non-hydrogen) atoms. The summed E-state index contributed by atoms with van der Waals surface area (Å²) in [5.74, 6) is -1.79. The number of aliphatic carboxylic acids is 1. The lowest BCUT2D eigenvalue weighted by Crippen LogP contribution is -2.30. The van der Waals surface area contributed by atoms with E-state index in [9.17, 15) is 14.7 Å². The predicted molar refractivity (Wildman–Crippen MR) is 171 cm³/mol. The van der Waals surface area contributed by atoms with E-state index in [1.54, 1.807) is 18.2 Å². The van der Waals surface area contributed by atoms with Gasteiger partial charge in [0.25, 0.3) is 0 Å². The molecule has 7 heteroatoms. The van der Waals surface area contributed by atoms with E-state index in [-0.39, 0.29) is 18.1 Å². The predicted octanol–water partition coefficient (Wildman–Crippen LogP) is 7.74. The Bertz CT molecular complexity index is 1530. The monoisotopic (exact) mass is 590 g/mol. The first-order valence-corrected chi connectivity index (χ1v) is 14.9. The van der Waals surface area contributed by atoms with E-state index in [1.165, 1.54) is 11.1 Å². The molecule has 0 saturated heterocycles. The standard InChI is InChI=1S/C37H38N2O5/c1-38-34-11-7-10-33(24-34)35(44-27-31-17-15-29(16-18-31)14-13-28-8-3-2-4-9-28)26-39(23-6-5-12-36(40)41)25-30-19-21-32(22-20-30)37(42)43/h2-4,7-11,15-22,24,35H,5-6,12-14,23,25-27H2,(H,40,41)(H,42,43)/t35-/m0/s1. The van der Waals surface area contributed by atoms with Gasteiger partial charge in [-0.25, -0.2) is 9.64 Å². The number of nitrogens with zero attached hydrogens (tertiary/aromatic N) is 2. The molecule has 0 heterocycles. The maximum absolute atomic E-state index is 11.3. The minimum atomic E-state index is -0.973. The van der Waals surface area contributed by atoms with E-state index in [1.807, 2.05) is 36.4 Å². The molecule has 0 fully saturated rings. The minimum absolute atomic E-state index is 0.107. The van der Waals surface area contributed by atoms with Crippen molar-refractivity contribution in [2.75, 3.05) is 13.1 Å². The number of carboxylic acid groups (broad SMARTS) is 2. The molecule has 0 aliphatic heterocycles. The molecule has 2 N–H and O–H groups in total. The highest BCUT2D eigenvalue weighted by molar-refractivity contribution is 5.87. The summed E-state index contributed by atoms with van der Waals surface area (Å²) in [6, 6.07) is 33.2. The lowest BCUT2D eigenvalue weighted by Gasteiger charge is -2.28. The Morgan fingerprint density at radius 1 is 0.773 bits per heavy atom. The third kappa shape index (κ3) is 10.5. The van der Waals surface area contributed by atoms with Gasteiger partial charge in [-0.2, -0.15) is 0 Å². The molecule has 0 amide bonds. The molecule has 0 radical (unpaired) electrons. The molecular formula is C37H38N2O5. The number of aryl methyl sites for hydroxylation is 2. The second-order valence-corrected chi connectivity index (χ2v) is 10.9. The molecule has 0 aromatic heterocycles. The van der Waals surface area contributed by atoms with Crippen molar-refractivity contribution in [1.82, 2.24) is 4.90 Å². The van der Waals surface area contributed by atoms with Gasteiger partial charge < -0.3 is 14.9 Å². The summed E-state index contributed by atoms with van der Waals surface area (Å²) >= 11 is 0. The van der Waals surface area contributed by atoms with Gasteiger partial charge in [-0.1, -0.05) is 91.0 Å². The first-order chi connectivity index (χ1) is 21.4. The third-order valence-corrected chi connectivity index (χ3v) is 7.54. The molecule has 0 aliphatic rings. The topological polar surface area (TPSA) is 91.4 Å². The third-order valence-electron chi connectivity index (χ3n) is 7.54. The summed E-state index contributed by atoms with van der Waals surface area (Å²) in [6.07, 6.45) is 2.96. The van der Waals surface area contributed by atoms with Crippen LogP contribution in [0.2, 0.25) is 0 Å². The Morgan fingerprint density at radius 2 is 1.43 bits per heavy atom. The number of hydrogen-bond acceptors (Lipinski definition) is 4. The summed E-state index contributed by atoms with van der Waals surface area (Å²) in [4.78, 5) is 28.2. The zero-order valence-electron chi connectivity index (χ0n) is 24.8. The van der Waals surface area contributed by atoms with Crippen LogP contribution in [0.4, 0.5) is 5.69 Å². The van der Waals surface area contributed by atoms with Crippen LogP contribution in [0, 0.1) is 6.57 Å². The van der Waals surface area contributed by atoms with Crippen LogP contribution < -0.4 is 0 Å². The fourth-order valence-electron chi connectivity index (χ4n) is 5.07. The highest BCUT2D eigenvalue weighted by atomic mass is 16.5. The number of hydrogen-bond donors (Lipinski definition) is 2. The highest BCUT2D eigenvalue weighted by Gasteiger charge is 2.19. The normalized spacial score (nSPS) is 11.6. The summed E-state index contributed by atoms with van der Waals surface area (Å²) in [6.45, 7) is 9.60. The number of rotatable bonds is 17. The maximum Gasteiger partial charge on any atom is 0.335 e. The SMILES string of the molecule is [C-]#[N+]c1cccc([C@H](CN(CCCCC(=O)O)Cc2ccc(C(=O)O)cc2)OCc2ccc(CCc3ccccc3)cc2)c1. The van der Waals surface area contributed by atoms with Gasteiger partial charge in [0.05, 0.1) is 24.8 Å². The molecule has 1 atom stereocenters. The smallest absolute Gasteiger partial charge is 0.335 e. The van der Waals surface area contributed by atoms with E-state index >= 15 is 0 Å². The molecule has 7 nitrogen and oxygen atoms in total. The van der Waals surface area contributed by atoms with Crippen LogP contribution >= 0.6 is 0 Å². The van der Waals surface area contributed by atoms with Crippen molar-refractivity contribution < 1.29 is 24.5 Å². The number of unbranched alkanes of at least 4 members (excludes halogenated alkanes) is 1. The second-order valence-electron chi connectivity index (χ2n) is 10.9. The van der Waals surface area contributed by atoms with Gasteiger partial charge in [-0.3, -0.25) is 9.69 Å². The molecule has 0 saturated carbocycles. The zero-order valence-corrected chi connectivity index (χ0v) is 24.8. The van der Waals surface area contributed by atoms with Crippen LogP contribution in [0.15, 0.2) is 103 Å². The zero-order chi connectivity index (χ0) is 31.1. The van der Waals surface area contributed by atoms with Crippen LogP contribution in [-0.2, 0) is 35.5 Å². The summed E-state index contributed by atoms with van der Waals surface area (Å²) in [5.41, 5.74) is 6.25. The molecule has 0 aliphatic carbocycles. The number of aromatic carboxylic acids is 1. The van der Waals surface area contributed by atoms with Gasteiger partial charge in [0.15, 0.2) is 5.69 Å². The lowest BCUT2D eigenvalue weighted by atomic mass is 10.0. The van der Waals surface area contributed by atoms with Gasteiger partial charge in [0, 0.05) is 19.5 Å². The van der Waals surface area contributed by atoms with Crippen molar-refractivity contribution in [2.45, 2.75) is 51.4 Å². The van der Waals surface area contributed by atoms with Crippen LogP contribution in [0.5, 0.6) is 0 Å². The van der Waals surface area contributed by atoms with E-state index in [0.717, 1.165) is 29.5 Å². The number of ether oxygens (including phenoxy) is 1. The van der Waals surface area contributed by atoms with Crippen molar-refractivity contribution in [2.24, 2.45) is 0 Å². The molecule has 4 aromatic carbocycles. The molecule has 226 valence electrons. The molecule has 0 spiro atoms. The van der Waals surface area contributed by atoms with Crippen molar-refractivity contribution >= 4 is 17.6 Å². The Kier molecular flexibility index (Phi) is 12.2. The van der Waals surface area contributed by atoms with E-state index in [4.69, 9.17) is 16.4 Å². The van der Waals surface area contributed by atoms with Crippen molar-refractivity contribution in [1.29, 1.82) is 0 Å². The largest absolute Gasteiger partial charge is 0.481 e. The summed E-state index contributed by atoms with van der Waals surface area (Å²) in [5, 5.41) is 18.4. The molecule has 4 rings (SSSR count). The Hall–Kier alpha value is -4.77. The fourth-order valence-corrected chi connectivity index (χ4v) is 5.07. The van der Waals surface area contributed by atoms with Gasteiger partial charge in [0.2, 0.25) is 0 Å². The Labute approximate surface area is 259 Å². The fraction of sp³-hybridized carbons (Fsp3) is 0.270. The first-order valence-electron chi connectivity index (χ1n) is 14.9. The Balaban J connectivity index is 1.47. The molecule has 4 aromatic rings. The lowest BCUT2D eigenvalue weighted by molar-refractivity contribution is -0.137. The van der Waals surface area contributed by atoms with Gasteiger partial charge in [0.1, 0.15) is 0 Å². The average Bonchev–Trinajstić information content (AvgIpc) is 3.05. The van der Waals surface area contributed by atoms with E-state index in [0.29, 0.717) is 44.8 Å². The molecule has 0 bridgehead atoms. The van der Waals surface area contributed by atoms with E-state index in [2.05, 4.69) is 58.3 Å². The van der Waals surface area contributed by atoms with Crippen LogP contribution in [0.25, 0.3) is 4.85 Å². The second kappa shape index (κ2) is 16.8. The van der Waals surface area contributed by atoms with Gasteiger partial charge in [-0.05, 0) is 72.2 Å². The maximum atomic E-state index is 11.3. The summed E-state index contributed by atoms with van der Waals surface area (Å²) < 4.78 is 6.53. The molecular weight excluding hydrogens is 552 g/mol. The van der Waals surface area contributed by atoms with Crippen LogP contribution in [-0.4, -0.2) is 40.1 Å².